The predicted octanol–water partition coefficient (Wildman–Crippen LogP) is 1.89. The van der Waals surface area contributed by atoms with Crippen molar-refractivity contribution < 1.29 is 18.1 Å². The Balaban J connectivity index is 2.09. The fraction of sp³-hybridized carbons (Fsp3) is 0.625. The second-order valence-corrected chi connectivity index (χ2v) is 8.89. The van der Waals surface area contributed by atoms with E-state index in [1.165, 1.54) is 6.07 Å². The number of carbonyl (C=O) groups excluding carboxylic acids is 1. The van der Waals surface area contributed by atoms with Gasteiger partial charge in [-0.3, -0.25) is 14.9 Å². The third-order valence-corrected chi connectivity index (χ3v) is 5.31. The van der Waals surface area contributed by atoms with Crippen LogP contribution in [0.2, 0.25) is 0 Å². The Labute approximate surface area is 152 Å². The maximum atomic E-state index is 12.1. The summed E-state index contributed by atoms with van der Waals surface area (Å²) in [4.78, 5) is 26.3. The molecule has 0 aliphatic heterocycles. The van der Waals surface area contributed by atoms with Crippen LogP contribution >= 0.6 is 0 Å². The molecule has 0 spiro atoms. The first kappa shape index (κ1) is 20.1. The number of amides is 1. The fourth-order valence-corrected chi connectivity index (χ4v) is 3.59. The Hall–Kier alpha value is -2.23. The number of aromatic nitrogens is 1. The molecule has 1 aromatic heterocycles. The summed E-state index contributed by atoms with van der Waals surface area (Å²) >= 11 is 0. The van der Waals surface area contributed by atoms with Gasteiger partial charge < -0.3 is 10.6 Å². The Bertz CT molecular complexity index is 786. The lowest BCUT2D eigenvalue weighted by Gasteiger charge is -2.29. The molecule has 144 valence electrons. The molecule has 26 heavy (non-hydrogen) atoms. The molecule has 2 N–H and O–H groups in total. The van der Waals surface area contributed by atoms with Gasteiger partial charge in [0.25, 0.3) is 0 Å². The van der Waals surface area contributed by atoms with Crippen LogP contribution in [0.15, 0.2) is 17.3 Å². The van der Waals surface area contributed by atoms with Gasteiger partial charge in [-0.05, 0) is 39.5 Å². The van der Waals surface area contributed by atoms with E-state index in [-0.39, 0.29) is 40.3 Å². The number of anilines is 1. The van der Waals surface area contributed by atoms with Crippen molar-refractivity contribution >= 4 is 27.1 Å². The Morgan fingerprint density at radius 3 is 2.42 bits per heavy atom. The molecule has 1 amide bonds. The first-order valence-corrected chi connectivity index (χ1v) is 10.4. The molecular weight excluding hydrogens is 360 g/mol. The van der Waals surface area contributed by atoms with Gasteiger partial charge >= 0.3 is 5.69 Å². The molecule has 1 fully saturated rings. The number of pyridine rings is 1. The lowest BCUT2D eigenvalue weighted by molar-refractivity contribution is -0.384. The van der Waals surface area contributed by atoms with Crippen LogP contribution in [0.1, 0.15) is 39.5 Å². The zero-order valence-corrected chi connectivity index (χ0v) is 15.9. The summed E-state index contributed by atoms with van der Waals surface area (Å²) in [6.07, 6.45) is 4.65. The normalized spacial score (nSPS) is 20.6. The van der Waals surface area contributed by atoms with Crippen molar-refractivity contribution in [3.05, 3.63) is 22.4 Å². The van der Waals surface area contributed by atoms with Crippen molar-refractivity contribution in [2.24, 2.45) is 5.92 Å². The van der Waals surface area contributed by atoms with E-state index < -0.39 is 14.8 Å². The molecule has 0 saturated heterocycles. The van der Waals surface area contributed by atoms with Crippen LogP contribution in [0.5, 0.6) is 0 Å². The first-order valence-electron chi connectivity index (χ1n) is 8.49. The van der Waals surface area contributed by atoms with Gasteiger partial charge in [-0.2, -0.15) is 0 Å². The molecule has 1 aliphatic rings. The molecule has 0 unspecified atom stereocenters. The van der Waals surface area contributed by atoms with Gasteiger partial charge in [0.15, 0.2) is 14.9 Å². The number of nitro groups is 1. The zero-order chi connectivity index (χ0) is 19.5. The third kappa shape index (κ3) is 5.13. The van der Waals surface area contributed by atoms with Crippen molar-refractivity contribution in [3.63, 3.8) is 0 Å². The third-order valence-electron chi connectivity index (χ3n) is 4.32. The molecule has 0 bridgehead atoms. The summed E-state index contributed by atoms with van der Waals surface area (Å²) in [5.74, 6) is -0.0258. The van der Waals surface area contributed by atoms with E-state index >= 15 is 0 Å². The number of nitrogens with zero attached hydrogens (tertiary/aromatic N) is 2. The lowest BCUT2D eigenvalue weighted by atomic mass is 9.85. The fourth-order valence-electron chi connectivity index (χ4n) is 3.02. The van der Waals surface area contributed by atoms with E-state index in [0.29, 0.717) is 25.7 Å². The number of carbonyl (C=O) groups is 1. The number of rotatable bonds is 6. The van der Waals surface area contributed by atoms with Crippen LogP contribution in [0.25, 0.3) is 0 Å². The predicted molar refractivity (Wildman–Crippen MR) is 96.6 cm³/mol. The molecule has 9 nitrogen and oxygen atoms in total. The molecular formula is C16H24N4O5S. The van der Waals surface area contributed by atoms with Crippen molar-refractivity contribution in [2.45, 2.75) is 56.6 Å². The van der Waals surface area contributed by atoms with Crippen molar-refractivity contribution in [3.8, 4) is 0 Å². The van der Waals surface area contributed by atoms with Gasteiger partial charge in [-0.15, -0.1) is 0 Å². The number of hydrogen-bond acceptors (Lipinski definition) is 7. The van der Waals surface area contributed by atoms with E-state index in [2.05, 4.69) is 15.6 Å². The maximum absolute atomic E-state index is 12.1. The Morgan fingerprint density at radius 1 is 1.31 bits per heavy atom. The lowest BCUT2D eigenvalue weighted by Crippen LogP contribution is -2.38. The van der Waals surface area contributed by atoms with E-state index in [1.54, 1.807) is 0 Å². The van der Waals surface area contributed by atoms with Crippen LogP contribution in [-0.2, 0) is 14.6 Å². The van der Waals surface area contributed by atoms with Gasteiger partial charge in [0.1, 0.15) is 11.9 Å². The maximum Gasteiger partial charge on any atom is 0.310 e. The monoisotopic (exact) mass is 384 g/mol. The summed E-state index contributed by atoms with van der Waals surface area (Å²) in [5.41, 5.74) is -0.127. The number of nitrogens with one attached hydrogen (secondary N) is 2. The van der Waals surface area contributed by atoms with Gasteiger partial charge in [0.2, 0.25) is 5.91 Å². The van der Waals surface area contributed by atoms with E-state index in [0.717, 1.165) is 12.5 Å². The molecule has 1 heterocycles. The van der Waals surface area contributed by atoms with Crippen LogP contribution in [0.3, 0.4) is 0 Å². The molecule has 10 heteroatoms. The van der Waals surface area contributed by atoms with E-state index in [4.69, 9.17) is 0 Å². The Morgan fingerprint density at radius 2 is 1.92 bits per heavy atom. The first-order chi connectivity index (χ1) is 12.1. The van der Waals surface area contributed by atoms with Crippen molar-refractivity contribution in [1.29, 1.82) is 0 Å². The minimum Gasteiger partial charge on any atom is -0.377 e. The van der Waals surface area contributed by atoms with Gasteiger partial charge in [-0.25, -0.2) is 13.4 Å². The number of sulfone groups is 1. The van der Waals surface area contributed by atoms with E-state index in [9.17, 15) is 23.3 Å². The Kier molecular flexibility index (Phi) is 6.17. The standard InChI is InChI=1S/C16H24N4O5S/c1-10(2)18-16(21)11-4-6-12(7-5-11)19-13-8-15(26(3,24)25)17-9-14(13)20(22)23/h8-12H,4-7H2,1-3H3,(H,17,19)(H,18,21). The summed E-state index contributed by atoms with van der Waals surface area (Å²) in [6, 6.07) is 1.23. The van der Waals surface area contributed by atoms with E-state index in [1.807, 2.05) is 13.8 Å². The summed E-state index contributed by atoms with van der Waals surface area (Å²) in [7, 11) is -3.57. The summed E-state index contributed by atoms with van der Waals surface area (Å²) < 4.78 is 23.3. The highest BCUT2D eigenvalue weighted by molar-refractivity contribution is 7.90. The van der Waals surface area contributed by atoms with Gasteiger partial charge in [0.05, 0.1) is 4.92 Å². The largest absolute Gasteiger partial charge is 0.377 e. The van der Waals surface area contributed by atoms with Crippen LogP contribution < -0.4 is 10.6 Å². The van der Waals surface area contributed by atoms with Gasteiger partial charge in [-0.1, -0.05) is 0 Å². The average Bonchev–Trinajstić information content (AvgIpc) is 2.53. The highest BCUT2D eigenvalue weighted by Gasteiger charge is 2.28. The van der Waals surface area contributed by atoms with Crippen molar-refractivity contribution in [2.75, 3.05) is 11.6 Å². The molecule has 2 rings (SSSR count). The summed E-state index contributed by atoms with van der Waals surface area (Å²) in [6.45, 7) is 3.82. The van der Waals surface area contributed by atoms with Crippen molar-refractivity contribution in [1.82, 2.24) is 10.3 Å². The SMILES string of the molecule is CC(C)NC(=O)C1CCC(Nc2cc(S(C)(=O)=O)ncc2[N+](=O)[O-])CC1. The molecule has 1 aromatic rings. The topological polar surface area (TPSA) is 131 Å². The quantitative estimate of drug-likeness (QED) is 0.565. The summed E-state index contributed by atoms with van der Waals surface area (Å²) in [5, 5.41) is 16.9. The molecule has 1 saturated carbocycles. The zero-order valence-electron chi connectivity index (χ0n) is 15.1. The molecule has 0 radical (unpaired) electrons. The number of hydrogen-bond donors (Lipinski definition) is 2. The smallest absolute Gasteiger partial charge is 0.310 e. The molecule has 1 aliphatic carbocycles. The average molecular weight is 384 g/mol. The molecule has 0 atom stereocenters. The van der Waals surface area contributed by atoms with Crippen LogP contribution in [0.4, 0.5) is 11.4 Å². The van der Waals surface area contributed by atoms with Crippen LogP contribution in [-0.4, -0.2) is 42.6 Å². The van der Waals surface area contributed by atoms with Crippen LogP contribution in [0, 0.1) is 16.0 Å². The second-order valence-electron chi connectivity index (χ2n) is 6.93. The highest BCUT2D eigenvalue weighted by atomic mass is 32.2. The molecule has 0 aromatic carbocycles. The van der Waals surface area contributed by atoms with Gasteiger partial charge in [0, 0.05) is 30.3 Å². The highest BCUT2D eigenvalue weighted by Crippen LogP contribution is 2.31. The minimum atomic E-state index is -3.57. The minimum absolute atomic E-state index is 0.0349. The second kappa shape index (κ2) is 7.98.